The Labute approximate surface area is 101 Å². The molecule has 1 rings (SSSR count). The van der Waals surface area contributed by atoms with E-state index in [4.69, 9.17) is 5.11 Å². The van der Waals surface area contributed by atoms with Crippen molar-refractivity contribution < 1.29 is 19.8 Å². The number of nitrogens with one attached hydrogen (secondary N) is 1. The SMILES string of the molecule is CC(C)CN(CC(=O)O)C(=O)C1CC(O)CN1. The monoisotopic (exact) mass is 244 g/mol. The number of carbonyl (C=O) groups is 2. The van der Waals surface area contributed by atoms with E-state index in [9.17, 15) is 14.7 Å². The molecule has 1 fully saturated rings. The Morgan fingerprint density at radius 1 is 1.47 bits per heavy atom. The van der Waals surface area contributed by atoms with Crippen LogP contribution in [0, 0.1) is 5.92 Å². The van der Waals surface area contributed by atoms with E-state index in [1.165, 1.54) is 4.90 Å². The maximum atomic E-state index is 12.1. The van der Waals surface area contributed by atoms with E-state index >= 15 is 0 Å². The minimum atomic E-state index is -1.02. The molecule has 0 aromatic carbocycles. The van der Waals surface area contributed by atoms with E-state index in [2.05, 4.69) is 5.32 Å². The zero-order chi connectivity index (χ0) is 13.0. The van der Waals surface area contributed by atoms with Gasteiger partial charge in [0.25, 0.3) is 0 Å². The highest BCUT2D eigenvalue weighted by atomic mass is 16.4. The smallest absolute Gasteiger partial charge is 0.323 e. The molecule has 0 aliphatic carbocycles. The molecule has 0 aromatic heterocycles. The van der Waals surface area contributed by atoms with Gasteiger partial charge in [-0.05, 0) is 12.3 Å². The van der Waals surface area contributed by atoms with Gasteiger partial charge >= 0.3 is 5.97 Å². The summed E-state index contributed by atoms with van der Waals surface area (Å²) in [5, 5.41) is 21.0. The molecule has 2 unspecified atom stereocenters. The molecule has 0 saturated carbocycles. The van der Waals surface area contributed by atoms with Crippen LogP contribution in [0.4, 0.5) is 0 Å². The van der Waals surface area contributed by atoms with Crippen LogP contribution >= 0.6 is 0 Å². The quantitative estimate of drug-likeness (QED) is 0.594. The lowest BCUT2D eigenvalue weighted by Gasteiger charge is -2.25. The highest BCUT2D eigenvalue weighted by Gasteiger charge is 2.32. The maximum absolute atomic E-state index is 12.1. The summed E-state index contributed by atoms with van der Waals surface area (Å²) in [5.74, 6) is -1.04. The number of rotatable bonds is 5. The third-order valence-corrected chi connectivity index (χ3v) is 2.63. The van der Waals surface area contributed by atoms with Gasteiger partial charge in [-0.15, -0.1) is 0 Å². The summed E-state index contributed by atoms with van der Waals surface area (Å²) in [4.78, 5) is 24.1. The molecular weight excluding hydrogens is 224 g/mol. The Bertz CT molecular complexity index is 293. The predicted molar refractivity (Wildman–Crippen MR) is 61.5 cm³/mol. The topological polar surface area (TPSA) is 89.9 Å². The fourth-order valence-corrected chi connectivity index (χ4v) is 1.96. The van der Waals surface area contributed by atoms with Crippen LogP contribution < -0.4 is 5.32 Å². The van der Waals surface area contributed by atoms with Gasteiger partial charge in [-0.1, -0.05) is 13.8 Å². The number of carbonyl (C=O) groups excluding carboxylic acids is 1. The van der Waals surface area contributed by atoms with Crippen molar-refractivity contribution in [1.29, 1.82) is 0 Å². The summed E-state index contributed by atoms with van der Waals surface area (Å²) in [6, 6.07) is -0.455. The van der Waals surface area contributed by atoms with E-state index in [-0.39, 0.29) is 18.4 Å². The Balaban J connectivity index is 2.61. The molecule has 98 valence electrons. The van der Waals surface area contributed by atoms with Gasteiger partial charge < -0.3 is 20.4 Å². The molecule has 1 saturated heterocycles. The van der Waals surface area contributed by atoms with Crippen LogP contribution in [-0.2, 0) is 9.59 Å². The predicted octanol–water partition coefficient (Wildman–Crippen LogP) is -0.722. The summed E-state index contributed by atoms with van der Waals surface area (Å²) in [6.07, 6.45) is -0.165. The summed E-state index contributed by atoms with van der Waals surface area (Å²) in [6.45, 7) is 4.38. The number of amides is 1. The first-order valence-corrected chi connectivity index (χ1v) is 5.82. The third-order valence-electron chi connectivity index (χ3n) is 2.63. The number of hydrogen-bond acceptors (Lipinski definition) is 4. The largest absolute Gasteiger partial charge is 0.480 e. The molecular formula is C11H20N2O4. The number of carboxylic acids is 1. The number of aliphatic carboxylic acids is 1. The normalized spacial score (nSPS) is 24.0. The average Bonchev–Trinajstić information content (AvgIpc) is 2.61. The van der Waals surface area contributed by atoms with Crippen LogP contribution in [-0.4, -0.2) is 58.8 Å². The highest BCUT2D eigenvalue weighted by Crippen LogP contribution is 2.11. The van der Waals surface area contributed by atoms with E-state index in [1.807, 2.05) is 13.8 Å². The first kappa shape index (κ1) is 13.9. The van der Waals surface area contributed by atoms with Crippen LogP contribution in [0.5, 0.6) is 0 Å². The zero-order valence-electron chi connectivity index (χ0n) is 10.2. The van der Waals surface area contributed by atoms with Crippen LogP contribution in [0.2, 0.25) is 0 Å². The van der Waals surface area contributed by atoms with Crippen molar-refractivity contribution in [3.63, 3.8) is 0 Å². The maximum Gasteiger partial charge on any atom is 0.323 e. The van der Waals surface area contributed by atoms with Crippen molar-refractivity contribution >= 4 is 11.9 Å². The number of hydrogen-bond donors (Lipinski definition) is 3. The number of aliphatic hydroxyl groups is 1. The van der Waals surface area contributed by atoms with Gasteiger partial charge in [0, 0.05) is 13.1 Å². The van der Waals surface area contributed by atoms with Gasteiger partial charge in [-0.2, -0.15) is 0 Å². The molecule has 0 radical (unpaired) electrons. The minimum absolute atomic E-state index is 0.213. The van der Waals surface area contributed by atoms with E-state index in [0.29, 0.717) is 19.5 Å². The first-order valence-electron chi connectivity index (χ1n) is 5.82. The Morgan fingerprint density at radius 3 is 2.53 bits per heavy atom. The molecule has 2 atom stereocenters. The molecule has 6 nitrogen and oxygen atoms in total. The number of nitrogens with zero attached hydrogens (tertiary/aromatic N) is 1. The van der Waals surface area contributed by atoms with Crippen molar-refractivity contribution in [2.75, 3.05) is 19.6 Å². The van der Waals surface area contributed by atoms with E-state index in [1.54, 1.807) is 0 Å². The molecule has 1 heterocycles. The first-order chi connectivity index (χ1) is 7.90. The van der Waals surface area contributed by atoms with Gasteiger partial charge in [0.1, 0.15) is 6.54 Å². The van der Waals surface area contributed by atoms with Crippen molar-refractivity contribution in [1.82, 2.24) is 10.2 Å². The molecule has 6 heteroatoms. The second-order valence-electron chi connectivity index (χ2n) is 4.86. The summed E-state index contributed by atoms with van der Waals surface area (Å²) in [7, 11) is 0. The van der Waals surface area contributed by atoms with Crippen molar-refractivity contribution in [3.8, 4) is 0 Å². The number of β-amino-alcohol motifs (C(OH)–C–C–N with tert-alkyl or cyclic N) is 1. The number of carboxylic acid groups (broad SMARTS) is 1. The molecule has 0 bridgehead atoms. The Hall–Kier alpha value is -1.14. The van der Waals surface area contributed by atoms with Crippen LogP contribution in [0.25, 0.3) is 0 Å². The molecule has 17 heavy (non-hydrogen) atoms. The van der Waals surface area contributed by atoms with E-state index < -0.39 is 18.1 Å². The van der Waals surface area contributed by atoms with Crippen LogP contribution in [0.15, 0.2) is 0 Å². The lowest BCUT2D eigenvalue weighted by atomic mass is 10.1. The van der Waals surface area contributed by atoms with Crippen molar-refractivity contribution in [3.05, 3.63) is 0 Å². The molecule has 1 aliphatic heterocycles. The van der Waals surface area contributed by atoms with Gasteiger partial charge in [-0.3, -0.25) is 9.59 Å². The molecule has 0 spiro atoms. The second-order valence-corrected chi connectivity index (χ2v) is 4.86. The van der Waals surface area contributed by atoms with Gasteiger partial charge in [-0.25, -0.2) is 0 Å². The summed E-state index contributed by atoms with van der Waals surface area (Å²) in [5.41, 5.74) is 0. The van der Waals surface area contributed by atoms with Gasteiger partial charge in [0.15, 0.2) is 0 Å². The molecule has 0 aromatic rings. The second kappa shape index (κ2) is 5.97. The average molecular weight is 244 g/mol. The van der Waals surface area contributed by atoms with Crippen LogP contribution in [0.1, 0.15) is 20.3 Å². The molecule has 1 amide bonds. The lowest BCUT2D eigenvalue weighted by molar-refractivity contribution is -0.145. The molecule has 1 aliphatic rings. The Kier molecular flexibility index (Phi) is 4.89. The van der Waals surface area contributed by atoms with Crippen LogP contribution in [0.3, 0.4) is 0 Å². The third kappa shape index (κ3) is 4.32. The van der Waals surface area contributed by atoms with Crippen molar-refractivity contribution in [2.45, 2.75) is 32.4 Å². The Morgan fingerprint density at radius 2 is 2.12 bits per heavy atom. The summed E-state index contributed by atoms with van der Waals surface area (Å²) >= 11 is 0. The fourth-order valence-electron chi connectivity index (χ4n) is 1.96. The fraction of sp³-hybridized carbons (Fsp3) is 0.818. The lowest BCUT2D eigenvalue weighted by Crippen LogP contribution is -2.47. The van der Waals surface area contributed by atoms with E-state index in [0.717, 1.165) is 0 Å². The standard InChI is InChI=1S/C11H20N2O4/c1-7(2)5-13(6-10(15)16)11(17)9-3-8(14)4-12-9/h7-9,12,14H,3-6H2,1-2H3,(H,15,16). The number of aliphatic hydroxyl groups excluding tert-OH is 1. The van der Waals surface area contributed by atoms with Gasteiger partial charge in [0.05, 0.1) is 12.1 Å². The van der Waals surface area contributed by atoms with Gasteiger partial charge in [0.2, 0.25) is 5.91 Å². The molecule has 3 N–H and O–H groups in total. The highest BCUT2D eigenvalue weighted by molar-refractivity contribution is 5.85. The minimum Gasteiger partial charge on any atom is -0.480 e. The van der Waals surface area contributed by atoms with Crippen molar-refractivity contribution in [2.24, 2.45) is 5.92 Å². The zero-order valence-corrected chi connectivity index (χ0v) is 10.2. The summed E-state index contributed by atoms with van der Waals surface area (Å²) < 4.78 is 0.